The van der Waals surface area contributed by atoms with Crippen LogP contribution in [-0.2, 0) is 0 Å². The first kappa shape index (κ1) is 17.3. The van der Waals surface area contributed by atoms with E-state index in [1.165, 1.54) is 11.1 Å². The lowest BCUT2D eigenvalue weighted by Gasteiger charge is -2.37. The Balaban J connectivity index is 2.34. The third-order valence-corrected chi connectivity index (χ3v) is 4.87. The summed E-state index contributed by atoms with van der Waals surface area (Å²) < 4.78 is 0. The van der Waals surface area contributed by atoms with E-state index in [1.54, 1.807) is 5.57 Å². The van der Waals surface area contributed by atoms with Crippen molar-refractivity contribution in [3.05, 3.63) is 52.1 Å². The third-order valence-electron chi connectivity index (χ3n) is 4.62. The molecule has 0 saturated carbocycles. The summed E-state index contributed by atoms with van der Waals surface area (Å²) in [6.45, 7) is 14.0. The first-order chi connectivity index (χ1) is 10.1. The summed E-state index contributed by atoms with van der Waals surface area (Å²) >= 11 is 5.99. The number of allylic oxidation sites excluding steroid dienone is 3. The Morgan fingerprint density at radius 2 is 1.59 bits per heavy atom. The normalized spacial score (nSPS) is 21.9. The second kappa shape index (κ2) is 6.24. The summed E-state index contributed by atoms with van der Waals surface area (Å²) in [6.07, 6.45) is 7.15. The molecule has 0 nitrogen and oxygen atoms in total. The van der Waals surface area contributed by atoms with E-state index in [1.807, 2.05) is 12.1 Å². The summed E-state index contributed by atoms with van der Waals surface area (Å²) in [7, 11) is 0. The predicted octanol–water partition coefficient (Wildman–Crippen LogP) is 7.15. The lowest BCUT2D eigenvalue weighted by atomic mass is 9.68. The number of benzene rings is 1. The van der Waals surface area contributed by atoms with Gasteiger partial charge >= 0.3 is 0 Å². The van der Waals surface area contributed by atoms with Gasteiger partial charge in [0.2, 0.25) is 0 Å². The van der Waals surface area contributed by atoms with Crippen LogP contribution >= 0.6 is 11.6 Å². The van der Waals surface area contributed by atoms with Crippen LogP contribution in [-0.4, -0.2) is 0 Å². The first-order valence-electron chi connectivity index (χ1n) is 8.22. The van der Waals surface area contributed by atoms with E-state index in [4.69, 9.17) is 11.6 Å². The minimum absolute atomic E-state index is 0.239. The Hall–Kier alpha value is -1.01. The van der Waals surface area contributed by atoms with Gasteiger partial charge in [-0.25, -0.2) is 0 Å². The molecule has 0 spiro atoms. The zero-order valence-corrected chi connectivity index (χ0v) is 15.6. The maximum Gasteiger partial charge on any atom is 0.0406 e. The fraction of sp³-hybridized carbons (Fsp3) is 0.524. The smallest absolute Gasteiger partial charge is 0.0406 e. The summed E-state index contributed by atoms with van der Waals surface area (Å²) in [5, 5.41) is 0.800. The van der Waals surface area contributed by atoms with E-state index >= 15 is 0 Å². The Labute approximate surface area is 141 Å². The predicted molar refractivity (Wildman–Crippen MR) is 99.1 cm³/mol. The Bertz CT molecular complexity index is 574. The molecule has 2 rings (SSSR count). The second-order valence-electron chi connectivity index (χ2n) is 8.65. The fourth-order valence-electron chi connectivity index (χ4n) is 2.94. The molecular weight excluding hydrogens is 288 g/mol. The van der Waals surface area contributed by atoms with Crippen LogP contribution in [0.25, 0.3) is 6.08 Å². The highest BCUT2D eigenvalue weighted by molar-refractivity contribution is 6.30. The van der Waals surface area contributed by atoms with Crippen molar-refractivity contribution in [2.45, 2.75) is 54.4 Å². The minimum Gasteiger partial charge on any atom is -0.0843 e. The van der Waals surface area contributed by atoms with E-state index in [0.717, 1.165) is 17.9 Å². The number of rotatable bonds is 1. The molecule has 1 aliphatic carbocycles. The van der Waals surface area contributed by atoms with Crippen molar-refractivity contribution in [1.29, 1.82) is 0 Å². The van der Waals surface area contributed by atoms with E-state index in [9.17, 15) is 0 Å². The van der Waals surface area contributed by atoms with Crippen LogP contribution in [0.3, 0.4) is 0 Å². The molecule has 0 radical (unpaired) electrons. The summed E-state index contributed by atoms with van der Waals surface area (Å²) in [5.74, 6) is 0.606. The highest BCUT2D eigenvalue weighted by Gasteiger charge is 2.30. The van der Waals surface area contributed by atoms with Crippen molar-refractivity contribution in [2.24, 2.45) is 16.7 Å². The molecular formula is C21H29Cl. The average molecular weight is 317 g/mol. The van der Waals surface area contributed by atoms with Gasteiger partial charge < -0.3 is 0 Å². The molecule has 0 bridgehead atoms. The SMILES string of the molecule is CC(C)(C)C1=CC(C(C)(C)C)CC(=Cc2ccc(Cl)cc2)C1. The van der Waals surface area contributed by atoms with Crippen molar-refractivity contribution >= 4 is 17.7 Å². The zero-order valence-electron chi connectivity index (χ0n) is 14.8. The number of halogens is 1. The molecule has 0 N–H and O–H groups in total. The van der Waals surface area contributed by atoms with Crippen molar-refractivity contribution in [3.63, 3.8) is 0 Å². The molecule has 1 aliphatic rings. The third kappa shape index (κ3) is 4.49. The molecule has 22 heavy (non-hydrogen) atoms. The van der Waals surface area contributed by atoms with E-state index in [-0.39, 0.29) is 5.41 Å². The molecule has 0 fully saturated rings. The molecule has 1 aromatic rings. The summed E-state index contributed by atoms with van der Waals surface area (Å²) in [4.78, 5) is 0. The monoisotopic (exact) mass is 316 g/mol. The molecule has 0 heterocycles. The molecule has 0 aliphatic heterocycles. The lowest BCUT2D eigenvalue weighted by Crippen LogP contribution is -2.25. The van der Waals surface area contributed by atoms with Crippen molar-refractivity contribution in [1.82, 2.24) is 0 Å². The van der Waals surface area contributed by atoms with E-state index in [2.05, 4.69) is 65.8 Å². The van der Waals surface area contributed by atoms with Crippen LogP contribution in [0.4, 0.5) is 0 Å². The van der Waals surface area contributed by atoms with Crippen molar-refractivity contribution in [2.75, 3.05) is 0 Å². The van der Waals surface area contributed by atoms with Gasteiger partial charge in [-0.1, -0.05) is 88.6 Å². The van der Waals surface area contributed by atoms with Gasteiger partial charge in [-0.2, -0.15) is 0 Å². The highest BCUT2D eigenvalue weighted by Crippen LogP contribution is 2.44. The topological polar surface area (TPSA) is 0 Å². The zero-order chi connectivity index (χ0) is 16.5. The first-order valence-corrected chi connectivity index (χ1v) is 8.60. The quantitative estimate of drug-likeness (QED) is 0.482. The van der Waals surface area contributed by atoms with Gasteiger partial charge in [-0.05, 0) is 47.3 Å². The van der Waals surface area contributed by atoms with Crippen LogP contribution in [0.1, 0.15) is 59.9 Å². The van der Waals surface area contributed by atoms with Gasteiger partial charge in [-0.3, -0.25) is 0 Å². The average Bonchev–Trinajstić information content (AvgIpc) is 2.39. The number of hydrogen-bond donors (Lipinski definition) is 0. The van der Waals surface area contributed by atoms with Gasteiger partial charge in [0.25, 0.3) is 0 Å². The summed E-state index contributed by atoms with van der Waals surface area (Å²) in [6, 6.07) is 8.16. The number of hydrogen-bond acceptors (Lipinski definition) is 0. The summed E-state index contributed by atoms with van der Waals surface area (Å²) in [5.41, 5.74) is 4.90. The molecule has 120 valence electrons. The van der Waals surface area contributed by atoms with Crippen molar-refractivity contribution < 1.29 is 0 Å². The minimum atomic E-state index is 0.239. The van der Waals surface area contributed by atoms with Gasteiger partial charge in [0.15, 0.2) is 0 Å². The molecule has 0 amide bonds. The van der Waals surface area contributed by atoms with Gasteiger partial charge in [0.1, 0.15) is 0 Å². The molecule has 0 aromatic heterocycles. The second-order valence-corrected chi connectivity index (χ2v) is 9.09. The fourth-order valence-corrected chi connectivity index (χ4v) is 3.06. The van der Waals surface area contributed by atoms with Crippen LogP contribution < -0.4 is 0 Å². The van der Waals surface area contributed by atoms with Crippen LogP contribution in [0.2, 0.25) is 5.02 Å². The molecule has 1 unspecified atom stereocenters. The van der Waals surface area contributed by atoms with E-state index in [0.29, 0.717) is 11.3 Å². The van der Waals surface area contributed by atoms with Crippen LogP contribution in [0.15, 0.2) is 41.5 Å². The molecule has 1 aromatic carbocycles. The molecule has 1 atom stereocenters. The Morgan fingerprint density at radius 1 is 1.00 bits per heavy atom. The van der Waals surface area contributed by atoms with E-state index < -0.39 is 0 Å². The van der Waals surface area contributed by atoms with Gasteiger partial charge in [0, 0.05) is 5.02 Å². The molecule has 0 saturated heterocycles. The highest BCUT2D eigenvalue weighted by atomic mass is 35.5. The largest absolute Gasteiger partial charge is 0.0843 e. The Morgan fingerprint density at radius 3 is 2.09 bits per heavy atom. The maximum atomic E-state index is 5.99. The standard InChI is InChI=1S/C21H29Cl/c1-20(2,3)17-12-16(13-18(14-17)21(4,5)6)11-15-7-9-19(22)10-8-15/h7-11,14,17H,12-13H2,1-6H3. The van der Waals surface area contributed by atoms with Crippen LogP contribution in [0, 0.1) is 16.7 Å². The van der Waals surface area contributed by atoms with Gasteiger partial charge in [-0.15, -0.1) is 0 Å². The lowest BCUT2D eigenvalue weighted by molar-refractivity contribution is 0.277. The maximum absolute atomic E-state index is 5.99. The van der Waals surface area contributed by atoms with Crippen molar-refractivity contribution in [3.8, 4) is 0 Å². The Kier molecular flexibility index (Phi) is 4.92. The van der Waals surface area contributed by atoms with Crippen LogP contribution in [0.5, 0.6) is 0 Å². The molecule has 1 heteroatoms. The van der Waals surface area contributed by atoms with Gasteiger partial charge in [0.05, 0.1) is 0 Å².